The van der Waals surface area contributed by atoms with Crippen LogP contribution in [0.2, 0.25) is 0 Å². The Labute approximate surface area is 102 Å². The Kier molecular flexibility index (Phi) is 3.49. The molecule has 2 rings (SSSR count). The maximum atomic E-state index is 10.6. The largest absolute Gasteiger partial charge is 0.478 e. The van der Waals surface area contributed by atoms with E-state index in [0.717, 1.165) is 11.1 Å². The van der Waals surface area contributed by atoms with Crippen LogP contribution in [-0.4, -0.2) is 21.8 Å². The Morgan fingerprint density at radius 1 is 1.53 bits per heavy atom. The van der Waals surface area contributed by atoms with Crippen molar-refractivity contribution in [3.8, 4) is 0 Å². The molecule has 0 atom stereocenters. The molecule has 0 saturated carbocycles. The van der Waals surface area contributed by atoms with Crippen LogP contribution in [0.25, 0.3) is 11.1 Å². The first-order valence-corrected chi connectivity index (χ1v) is 6.04. The van der Waals surface area contributed by atoms with E-state index < -0.39 is 5.97 Å². The lowest BCUT2D eigenvalue weighted by molar-refractivity contribution is -0.132. The van der Waals surface area contributed by atoms with Crippen LogP contribution in [0.15, 0.2) is 45.6 Å². The summed E-state index contributed by atoms with van der Waals surface area (Å²) < 4.78 is 5.49. The van der Waals surface area contributed by atoms with Crippen molar-refractivity contribution in [3.05, 3.63) is 35.9 Å². The summed E-state index contributed by atoms with van der Waals surface area (Å²) in [4.78, 5) is 14.8. The molecular formula is C12H11NO3S. The molecule has 1 aromatic heterocycles. The molecule has 1 aromatic carbocycles. The summed E-state index contributed by atoms with van der Waals surface area (Å²) in [7, 11) is 0. The molecule has 2 aromatic rings. The van der Waals surface area contributed by atoms with Crippen molar-refractivity contribution in [3.63, 3.8) is 0 Å². The second-order valence-corrected chi connectivity index (χ2v) is 4.42. The molecule has 0 fully saturated rings. The highest BCUT2D eigenvalue weighted by Gasteiger charge is 2.05. The Balaban J connectivity index is 2.04. The fraction of sp³-hybridized carbons (Fsp3) is 0.167. The Bertz CT molecular complexity index is 541. The summed E-state index contributed by atoms with van der Waals surface area (Å²) in [6.45, 7) is 1.56. The van der Waals surface area contributed by atoms with Crippen LogP contribution in [0.3, 0.4) is 0 Å². The van der Waals surface area contributed by atoms with Crippen LogP contribution >= 0.6 is 11.8 Å². The number of carbonyl (C=O) groups is 1. The molecule has 0 bridgehead atoms. The van der Waals surface area contributed by atoms with Crippen molar-refractivity contribution >= 4 is 28.8 Å². The molecule has 88 valence electrons. The van der Waals surface area contributed by atoms with E-state index in [0.29, 0.717) is 16.5 Å². The van der Waals surface area contributed by atoms with Gasteiger partial charge in [-0.1, -0.05) is 30.0 Å². The molecule has 5 heteroatoms. The van der Waals surface area contributed by atoms with E-state index in [-0.39, 0.29) is 0 Å². The van der Waals surface area contributed by atoms with Crippen molar-refractivity contribution in [1.82, 2.24) is 4.98 Å². The van der Waals surface area contributed by atoms with Gasteiger partial charge in [-0.2, -0.15) is 0 Å². The molecule has 0 aliphatic heterocycles. The second-order valence-electron chi connectivity index (χ2n) is 3.45. The predicted molar refractivity (Wildman–Crippen MR) is 66.1 cm³/mol. The van der Waals surface area contributed by atoms with E-state index in [1.807, 2.05) is 24.3 Å². The van der Waals surface area contributed by atoms with Gasteiger partial charge < -0.3 is 9.52 Å². The number of hydrogen-bond donors (Lipinski definition) is 1. The molecule has 0 amide bonds. The minimum atomic E-state index is -0.900. The Morgan fingerprint density at radius 2 is 2.29 bits per heavy atom. The standard InChI is InChI=1S/C12H11NO3S/c1-8(11(14)15)6-7-17-12-13-9-4-2-3-5-10(9)16-12/h2-6H,7H2,1H3,(H,14,15). The summed E-state index contributed by atoms with van der Waals surface area (Å²) in [5, 5.41) is 9.23. The smallest absolute Gasteiger partial charge is 0.330 e. The summed E-state index contributed by atoms with van der Waals surface area (Å²) in [5.41, 5.74) is 1.89. The Hall–Kier alpha value is -1.75. The number of aliphatic carboxylic acids is 1. The van der Waals surface area contributed by atoms with E-state index >= 15 is 0 Å². The third kappa shape index (κ3) is 2.88. The van der Waals surface area contributed by atoms with Gasteiger partial charge in [0.2, 0.25) is 0 Å². The van der Waals surface area contributed by atoms with Gasteiger partial charge in [0.05, 0.1) is 0 Å². The minimum absolute atomic E-state index is 0.327. The molecule has 1 heterocycles. The van der Waals surface area contributed by atoms with Gasteiger partial charge in [-0.25, -0.2) is 9.78 Å². The zero-order valence-electron chi connectivity index (χ0n) is 9.21. The van der Waals surface area contributed by atoms with Crippen molar-refractivity contribution < 1.29 is 14.3 Å². The number of carboxylic acid groups (broad SMARTS) is 1. The number of hydrogen-bond acceptors (Lipinski definition) is 4. The number of oxazole rings is 1. The quantitative estimate of drug-likeness (QED) is 0.666. The normalized spacial score (nSPS) is 11.9. The summed E-state index contributed by atoms with van der Waals surface area (Å²) in [6.07, 6.45) is 1.64. The highest BCUT2D eigenvalue weighted by Crippen LogP contribution is 2.23. The Morgan fingerprint density at radius 3 is 3.00 bits per heavy atom. The molecule has 0 radical (unpaired) electrons. The van der Waals surface area contributed by atoms with Crippen LogP contribution in [0.1, 0.15) is 6.92 Å². The van der Waals surface area contributed by atoms with Crippen LogP contribution in [0.4, 0.5) is 0 Å². The van der Waals surface area contributed by atoms with Crippen molar-refractivity contribution in [1.29, 1.82) is 0 Å². The van der Waals surface area contributed by atoms with E-state index in [4.69, 9.17) is 9.52 Å². The van der Waals surface area contributed by atoms with Gasteiger partial charge in [0.15, 0.2) is 5.58 Å². The average Bonchev–Trinajstić information content (AvgIpc) is 2.71. The van der Waals surface area contributed by atoms with Gasteiger partial charge in [-0.3, -0.25) is 0 Å². The molecular weight excluding hydrogens is 238 g/mol. The number of benzene rings is 1. The third-order valence-electron chi connectivity index (χ3n) is 2.21. The number of thioether (sulfide) groups is 1. The van der Waals surface area contributed by atoms with Gasteiger partial charge in [-0.05, 0) is 19.1 Å². The lowest BCUT2D eigenvalue weighted by Crippen LogP contribution is -1.96. The summed E-state index contributed by atoms with van der Waals surface area (Å²) in [5.74, 6) is -0.367. The van der Waals surface area contributed by atoms with Gasteiger partial charge in [0, 0.05) is 11.3 Å². The maximum absolute atomic E-state index is 10.6. The molecule has 0 saturated heterocycles. The maximum Gasteiger partial charge on any atom is 0.330 e. The molecule has 1 N–H and O–H groups in total. The van der Waals surface area contributed by atoms with Crippen LogP contribution < -0.4 is 0 Å². The third-order valence-corrected chi connectivity index (χ3v) is 2.96. The van der Waals surface area contributed by atoms with E-state index in [1.165, 1.54) is 11.8 Å². The first kappa shape index (κ1) is 11.7. The van der Waals surface area contributed by atoms with Crippen LogP contribution in [0.5, 0.6) is 0 Å². The number of fused-ring (bicyclic) bond motifs is 1. The van der Waals surface area contributed by atoms with Crippen LogP contribution in [-0.2, 0) is 4.79 Å². The number of nitrogens with zero attached hydrogens (tertiary/aromatic N) is 1. The first-order chi connectivity index (χ1) is 8.16. The summed E-state index contributed by atoms with van der Waals surface area (Å²) in [6, 6.07) is 7.51. The number of carboxylic acids is 1. The van der Waals surface area contributed by atoms with E-state index in [2.05, 4.69) is 4.98 Å². The highest BCUT2D eigenvalue weighted by atomic mass is 32.2. The van der Waals surface area contributed by atoms with Gasteiger partial charge in [0.1, 0.15) is 5.52 Å². The van der Waals surface area contributed by atoms with Gasteiger partial charge in [-0.15, -0.1) is 0 Å². The molecule has 0 spiro atoms. The number of rotatable bonds is 4. The number of para-hydroxylation sites is 2. The molecule has 0 aliphatic carbocycles. The molecule has 0 unspecified atom stereocenters. The monoisotopic (exact) mass is 249 g/mol. The predicted octanol–water partition coefficient (Wildman–Crippen LogP) is 2.95. The zero-order valence-corrected chi connectivity index (χ0v) is 10.0. The van der Waals surface area contributed by atoms with E-state index in [1.54, 1.807) is 13.0 Å². The van der Waals surface area contributed by atoms with E-state index in [9.17, 15) is 4.79 Å². The summed E-state index contributed by atoms with van der Waals surface area (Å²) >= 11 is 1.37. The van der Waals surface area contributed by atoms with Crippen molar-refractivity contribution in [2.45, 2.75) is 12.1 Å². The topological polar surface area (TPSA) is 63.3 Å². The lowest BCUT2D eigenvalue weighted by atomic mass is 10.3. The molecule has 17 heavy (non-hydrogen) atoms. The van der Waals surface area contributed by atoms with Crippen molar-refractivity contribution in [2.24, 2.45) is 0 Å². The number of aromatic nitrogens is 1. The second kappa shape index (κ2) is 5.05. The minimum Gasteiger partial charge on any atom is -0.478 e. The fourth-order valence-corrected chi connectivity index (χ4v) is 2.03. The van der Waals surface area contributed by atoms with Crippen molar-refractivity contribution in [2.75, 3.05) is 5.75 Å². The molecule has 0 aliphatic rings. The van der Waals surface area contributed by atoms with Gasteiger partial charge >= 0.3 is 5.97 Å². The zero-order chi connectivity index (χ0) is 12.3. The molecule has 4 nitrogen and oxygen atoms in total. The fourth-order valence-electron chi connectivity index (χ4n) is 1.24. The van der Waals surface area contributed by atoms with Gasteiger partial charge in [0.25, 0.3) is 5.22 Å². The SMILES string of the molecule is CC(=CCSc1nc2ccccc2o1)C(=O)O. The average molecular weight is 249 g/mol. The van der Waals surface area contributed by atoms with Crippen LogP contribution in [0, 0.1) is 0 Å². The highest BCUT2D eigenvalue weighted by molar-refractivity contribution is 7.99. The first-order valence-electron chi connectivity index (χ1n) is 5.05. The lowest BCUT2D eigenvalue weighted by Gasteiger charge is -1.92.